The smallest absolute Gasteiger partial charge is 0.412 e. The van der Waals surface area contributed by atoms with Gasteiger partial charge in [0, 0.05) is 5.69 Å². The molecule has 2 N–H and O–H groups in total. The number of benzene rings is 2. The lowest BCUT2D eigenvalue weighted by Crippen LogP contribution is -2.27. The van der Waals surface area contributed by atoms with Gasteiger partial charge in [-0.3, -0.25) is 5.32 Å². The highest BCUT2D eigenvalue weighted by Crippen LogP contribution is 2.23. The molecule has 0 saturated carbocycles. The lowest BCUT2D eigenvalue weighted by Gasteiger charge is -2.19. The molecule has 0 saturated heterocycles. The summed E-state index contributed by atoms with van der Waals surface area (Å²) in [7, 11) is 0. The Morgan fingerprint density at radius 3 is 2.65 bits per heavy atom. The second-order valence-electron chi connectivity index (χ2n) is 5.64. The monoisotopic (exact) mass is 273 g/mol. The van der Waals surface area contributed by atoms with E-state index in [-0.39, 0.29) is 6.61 Å². The lowest BCUT2D eigenvalue weighted by atomic mass is 10.0. The number of fused-ring (bicyclic) bond motifs is 1. The van der Waals surface area contributed by atoms with Gasteiger partial charge in [-0.1, -0.05) is 24.3 Å². The van der Waals surface area contributed by atoms with E-state index in [9.17, 15) is 9.90 Å². The molecule has 1 amide bonds. The van der Waals surface area contributed by atoms with Crippen molar-refractivity contribution in [2.45, 2.75) is 33.0 Å². The van der Waals surface area contributed by atoms with Crippen LogP contribution >= 0.6 is 0 Å². The lowest BCUT2D eigenvalue weighted by molar-refractivity contribution is 0.0636. The molecule has 0 bridgehead atoms. The van der Waals surface area contributed by atoms with Crippen molar-refractivity contribution in [2.24, 2.45) is 0 Å². The SMILES string of the molecule is CC(C)(C)OC(=O)Nc1ccc2c(CO)cccc2c1. The summed E-state index contributed by atoms with van der Waals surface area (Å²) >= 11 is 0. The van der Waals surface area contributed by atoms with Crippen LogP contribution < -0.4 is 5.32 Å². The molecule has 0 aliphatic carbocycles. The average Bonchev–Trinajstić information content (AvgIpc) is 2.35. The van der Waals surface area contributed by atoms with E-state index >= 15 is 0 Å². The summed E-state index contributed by atoms with van der Waals surface area (Å²) in [6.45, 7) is 5.46. The van der Waals surface area contributed by atoms with E-state index in [1.165, 1.54) is 0 Å². The van der Waals surface area contributed by atoms with E-state index in [2.05, 4.69) is 5.32 Å². The maximum atomic E-state index is 11.7. The third-order valence-corrected chi connectivity index (χ3v) is 2.79. The van der Waals surface area contributed by atoms with E-state index in [0.717, 1.165) is 16.3 Å². The molecule has 106 valence electrons. The third kappa shape index (κ3) is 3.48. The minimum absolute atomic E-state index is 0.00379. The molecular formula is C16H19NO3. The fourth-order valence-corrected chi connectivity index (χ4v) is 1.99. The number of anilines is 1. The second kappa shape index (κ2) is 5.51. The standard InChI is InChI=1S/C16H19NO3/c1-16(2,3)20-15(19)17-13-7-8-14-11(9-13)5-4-6-12(14)10-18/h4-9,18H,10H2,1-3H3,(H,17,19). The fourth-order valence-electron chi connectivity index (χ4n) is 1.99. The highest BCUT2D eigenvalue weighted by molar-refractivity contribution is 5.92. The van der Waals surface area contributed by atoms with Crippen LogP contribution in [0.2, 0.25) is 0 Å². The number of carbonyl (C=O) groups excluding carboxylic acids is 1. The van der Waals surface area contributed by atoms with Crippen LogP contribution in [0, 0.1) is 0 Å². The van der Waals surface area contributed by atoms with E-state index in [1.54, 1.807) is 6.07 Å². The fraction of sp³-hybridized carbons (Fsp3) is 0.312. The third-order valence-electron chi connectivity index (χ3n) is 2.79. The first-order valence-corrected chi connectivity index (χ1v) is 6.51. The van der Waals surface area contributed by atoms with Crippen molar-refractivity contribution in [3.63, 3.8) is 0 Å². The van der Waals surface area contributed by atoms with Crippen molar-refractivity contribution < 1.29 is 14.6 Å². The van der Waals surface area contributed by atoms with Gasteiger partial charge in [-0.25, -0.2) is 4.79 Å². The van der Waals surface area contributed by atoms with Crippen molar-refractivity contribution in [1.29, 1.82) is 0 Å². The predicted molar refractivity (Wildman–Crippen MR) is 79.7 cm³/mol. The molecule has 0 aromatic heterocycles. The van der Waals surface area contributed by atoms with Crippen LogP contribution in [-0.4, -0.2) is 16.8 Å². The van der Waals surface area contributed by atoms with Gasteiger partial charge in [0.15, 0.2) is 0 Å². The van der Waals surface area contributed by atoms with Gasteiger partial charge in [-0.05, 0) is 49.2 Å². The quantitative estimate of drug-likeness (QED) is 0.877. The van der Waals surface area contributed by atoms with Crippen molar-refractivity contribution >= 4 is 22.6 Å². The predicted octanol–water partition coefficient (Wildman–Crippen LogP) is 3.68. The first kappa shape index (κ1) is 14.3. The summed E-state index contributed by atoms with van der Waals surface area (Å²) in [6.07, 6.45) is -0.477. The van der Waals surface area contributed by atoms with Crippen LogP contribution in [0.1, 0.15) is 26.3 Å². The molecule has 0 fully saturated rings. The Balaban J connectivity index is 2.22. The summed E-state index contributed by atoms with van der Waals surface area (Å²) in [4.78, 5) is 11.7. The molecule has 0 aliphatic rings. The number of rotatable bonds is 2. The average molecular weight is 273 g/mol. The highest BCUT2D eigenvalue weighted by Gasteiger charge is 2.16. The number of carbonyl (C=O) groups is 1. The van der Waals surface area contributed by atoms with Crippen LogP contribution in [-0.2, 0) is 11.3 Å². The number of nitrogens with one attached hydrogen (secondary N) is 1. The van der Waals surface area contributed by atoms with Crippen LogP contribution in [0.4, 0.5) is 10.5 Å². The summed E-state index contributed by atoms with van der Waals surface area (Å²) in [6, 6.07) is 11.2. The molecule has 0 aliphatic heterocycles. The molecule has 0 unspecified atom stereocenters. The Labute approximate surface area is 118 Å². The molecule has 2 rings (SSSR count). The molecule has 4 heteroatoms. The Kier molecular flexibility index (Phi) is 3.95. The molecular weight excluding hydrogens is 254 g/mol. The van der Waals surface area contributed by atoms with Crippen molar-refractivity contribution in [3.8, 4) is 0 Å². The van der Waals surface area contributed by atoms with Crippen molar-refractivity contribution in [3.05, 3.63) is 42.0 Å². The van der Waals surface area contributed by atoms with E-state index < -0.39 is 11.7 Å². The van der Waals surface area contributed by atoms with E-state index in [0.29, 0.717) is 5.69 Å². The Morgan fingerprint density at radius 1 is 1.25 bits per heavy atom. The zero-order valence-electron chi connectivity index (χ0n) is 11.9. The van der Waals surface area contributed by atoms with Gasteiger partial charge in [-0.15, -0.1) is 0 Å². The second-order valence-corrected chi connectivity index (χ2v) is 5.64. The molecule has 0 heterocycles. The number of hydrogen-bond acceptors (Lipinski definition) is 3. The van der Waals surface area contributed by atoms with Gasteiger partial charge in [0.2, 0.25) is 0 Å². The number of amides is 1. The molecule has 2 aromatic carbocycles. The number of aliphatic hydroxyl groups is 1. The highest BCUT2D eigenvalue weighted by atomic mass is 16.6. The number of ether oxygens (including phenoxy) is 1. The maximum Gasteiger partial charge on any atom is 0.412 e. The summed E-state index contributed by atoms with van der Waals surface area (Å²) in [5.41, 5.74) is 1.01. The van der Waals surface area contributed by atoms with Crippen molar-refractivity contribution in [1.82, 2.24) is 0 Å². The summed E-state index contributed by atoms with van der Waals surface area (Å²) in [5, 5.41) is 13.9. The zero-order chi connectivity index (χ0) is 14.8. The van der Waals surface area contributed by atoms with Crippen molar-refractivity contribution in [2.75, 3.05) is 5.32 Å². The molecule has 0 radical (unpaired) electrons. The molecule has 4 nitrogen and oxygen atoms in total. The zero-order valence-corrected chi connectivity index (χ0v) is 11.9. The normalized spacial score (nSPS) is 11.4. The van der Waals surface area contributed by atoms with Crippen LogP contribution in [0.25, 0.3) is 10.8 Å². The molecule has 0 spiro atoms. The first-order chi connectivity index (χ1) is 9.39. The van der Waals surface area contributed by atoms with Gasteiger partial charge in [-0.2, -0.15) is 0 Å². The van der Waals surface area contributed by atoms with E-state index in [1.807, 2.05) is 51.1 Å². The minimum atomic E-state index is -0.523. The minimum Gasteiger partial charge on any atom is -0.444 e. The van der Waals surface area contributed by atoms with Crippen LogP contribution in [0.3, 0.4) is 0 Å². The van der Waals surface area contributed by atoms with E-state index in [4.69, 9.17) is 4.74 Å². The van der Waals surface area contributed by atoms with Gasteiger partial charge >= 0.3 is 6.09 Å². The maximum absolute atomic E-state index is 11.7. The number of aliphatic hydroxyl groups excluding tert-OH is 1. The first-order valence-electron chi connectivity index (χ1n) is 6.51. The van der Waals surface area contributed by atoms with Crippen LogP contribution in [0.5, 0.6) is 0 Å². The Hall–Kier alpha value is -2.07. The number of hydrogen-bond donors (Lipinski definition) is 2. The Morgan fingerprint density at radius 2 is 2.00 bits per heavy atom. The molecule has 0 atom stereocenters. The molecule has 20 heavy (non-hydrogen) atoms. The largest absolute Gasteiger partial charge is 0.444 e. The Bertz CT molecular complexity index is 629. The summed E-state index contributed by atoms with van der Waals surface area (Å²) in [5.74, 6) is 0. The van der Waals surface area contributed by atoms with Gasteiger partial charge in [0.1, 0.15) is 5.60 Å². The topological polar surface area (TPSA) is 58.6 Å². The summed E-state index contributed by atoms with van der Waals surface area (Å²) < 4.78 is 5.21. The van der Waals surface area contributed by atoms with Gasteiger partial charge in [0.05, 0.1) is 6.61 Å². The van der Waals surface area contributed by atoms with Gasteiger partial charge in [0.25, 0.3) is 0 Å². The molecule has 2 aromatic rings. The van der Waals surface area contributed by atoms with Crippen LogP contribution in [0.15, 0.2) is 36.4 Å². The van der Waals surface area contributed by atoms with Gasteiger partial charge < -0.3 is 9.84 Å².